The minimum atomic E-state index is -4.96. The van der Waals surface area contributed by atoms with E-state index < -0.39 is 23.5 Å². The van der Waals surface area contributed by atoms with E-state index in [2.05, 4.69) is 0 Å². The van der Waals surface area contributed by atoms with Crippen LogP contribution in [-0.2, 0) is 4.79 Å². The van der Waals surface area contributed by atoms with Crippen molar-refractivity contribution < 1.29 is 28.2 Å². The number of alkyl halides is 3. The number of phenols is 1. The van der Waals surface area contributed by atoms with Gasteiger partial charge in [-0.3, -0.25) is 0 Å². The van der Waals surface area contributed by atoms with E-state index in [0.29, 0.717) is 6.08 Å². The number of halogens is 3. The summed E-state index contributed by atoms with van der Waals surface area (Å²) in [5, 5.41) is 17.6. The summed E-state index contributed by atoms with van der Waals surface area (Å²) in [5.41, 5.74) is -1.92. The first-order chi connectivity index (χ1) is 7.32. The Kier molecular flexibility index (Phi) is 3.22. The van der Waals surface area contributed by atoms with Gasteiger partial charge in [0.25, 0.3) is 0 Å². The summed E-state index contributed by atoms with van der Waals surface area (Å²) in [4.78, 5) is 10.4. The molecule has 0 heterocycles. The smallest absolute Gasteiger partial charge is 0.423 e. The second-order valence-corrected chi connectivity index (χ2v) is 2.92. The van der Waals surface area contributed by atoms with E-state index in [9.17, 15) is 23.1 Å². The van der Waals surface area contributed by atoms with Crippen LogP contribution in [0.25, 0.3) is 6.08 Å². The van der Waals surface area contributed by atoms with Crippen molar-refractivity contribution in [2.24, 2.45) is 0 Å². The number of para-hydroxylation sites is 1. The highest BCUT2D eigenvalue weighted by Crippen LogP contribution is 2.29. The number of rotatable bonds is 2. The molecule has 0 aliphatic rings. The summed E-state index contributed by atoms with van der Waals surface area (Å²) in [5.74, 6) is -2.50. The third-order valence-electron chi connectivity index (χ3n) is 1.77. The Bertz CT molecular complexity index is 435. The van der Waals surface area contributed by atoms with Gasteiger partial charge in [0.05, 0.1) is 0 Å². The van der Waals surface area contributed by atoms with Crippen LogP contribution in [0, 0.1) is 0 Å². The average Bonchev–Trinajstić information content (AvgIpc) is 2.14. The van der Waals surface area contributed by atoms with Crippen LogP contribution in [-0.4, -0.2) is 22.4 Å². The summed E-state index contributed by atoms with van der Waals surface area (Å²) in [6, 6.07) is 5.16. The Morgan fingerprint density at radius 1 is 1.25 bits per heavy atom. The van der Waals surface area contributed by atoms with Crippen molar-refractivity contribution in [1.29, 1.82) is 0 Å². The van der Waals surface area contributed by atoms with E-state index in [1.165, 1.54) is 24.3 Å². The van der Waals surface area contributed by atoms with Crippen LogP contribution in [0.2, 0.25) is 0 Å². The number of hydrogen-bond donors (Lipinski definition) is 2. The number of hydrogen-bond acceptors (Lipinski definition) is 2. The van der Waals surface area contributed by atoms with E-state index in [1.807, 2.05) is 0 Å². The molecule has 0 saturated heterocycles. The van der Waals surface area contributed by atoms with Gasteiger partial charge in [-0.1, -0.05) is 18.2 Å². The highest BCUT2D eigenvalue weighted by molar-refractivity contribution is 5.94. The van der Waals surface area contributed by atoms with Gasteiger partial charge in [0, 0.05) is 5.56 Å². The van der Waals surface area contributed by atoms with Crippen LogP contribution in [0.4, 0.5) is 13.2 Å². The maximum Gasteiger partial charge on any atom is 0.423 e. The first-order valence-electron chi connectivity index (χ1n) is 4.12. The Morgan fingerprint density at radius 3 is 2.25 bits per heavy atom. The molecule has 6 heteroatoms. The Labute approximate surface area is 88.4 Å². The molecule has 1 rings (SSSR count). The molecule has 0 radical (unpaired) electrons. The molecule has 0 saturated carbocycles. The minimum Gasteiger partial charge on any atom is -0.507 e. The lowest BCUT2D eigenvalue weighted by Crippen LogP contribution is -2.19. The molecule has 0 fully saturated rings. The summed E-state index contributed by atoms with van der Waals surface area (Å²) in [6.45, 7) is 0. The van der Waals surface area contributed by atoms with Gasteiger partial charge in [0.15, 0.2) is 0 Å². The molecular formula is C10H7F3O3. The van der Waals surface area contributed by atoms with Crippen LogP contribution in [0.1, 0.15) is 5.56 Å². The second-order valence-electron chi connectivity index (χ2n) is 2.92. The molecule has 1 aromatic carbocycles. The van der Waals surface area contributed by atoms with E-state index in [4.69, 9.17) is 5.11 Å². The van der Waals surface area contributed by atoms with E-state index in [-0.39, 0.29) is 5.56 Å². The molecule has 3 nitrogen and oxygen atoms in total. The third-order valence-corrected chi connectivity index (χ3v) is 1.77. The van der Waals surface area contributed by atoms with Crippen LogP contribution in [0.15, 0.2) is 29.8 Å². The van der Waals surface area contributed by atoms with Crippen LogP contribution >= 0.6 is 0 Å². The van der Waals surface area contributed by atoms with Gasteiger partial charge in [-0.25, -0.2) is 4.79 Å². The van der Waals surface area contributed by atoms with Gasteiger partial charge in [-0.15, -0.1) is 0 Å². The first-order valence-corrected chi connectivity index (χ1v) is 4.12. The predicted molar refractivity (Wildman–Crippen MR) is 49.8 cm³/mol. The minimum absolute atomic E-state index is 0.197. The second kappa shape index (κ2) is 4.26. The molecule has 0 aliphatic heterocycles. The fraction of sp³-hybridized carbons (Fsp3) is 0.100. The zero-order valence-electron chi connectivity index (χ0n) is 7.82. The number of benzene rings is 1. The number of carboxylic acid groups (broad SMARTS) is 1. The van der Waals surface area contributed by atoms with Crippen molar-refractivity contribution in [2.45, 2.75) is 6.18 Å². The van der Waals surface area contributed by atoms with Crippen LogP contribution < -0.4 is 0 Å². The van der Waals surface area contributed by atoms with E-state index in [1.54, 1.807) is 0 Å². The number of aromatic hydroxyl groups is 1. The van der Waals surface area contributed by atoms with Crippen LogP contribution in [0.3, 0.4) is 0 Å². The molecule has 0 amide bonds. The SMILES string of the molecule is O=C(O)/C(=C\c1ccccc1O)C(F)(F)F. The quantitative estimate of drug-likeness (QED) is 0.770. The van der Waals surface area contributed by atoms with Crippen molar-refractivity contribution in [2.75, 3.05) is 0 Å². The standard InChI is InChI=1S/C10H7F3O3/c11-10(12,13)7(9(15)16)5-6-3-1-2-4-8(6)14/h1-5,14H,(H,15,16)/b7-5+. The lowest BCUT2D eigenvalue weighted by atomic mass is 10.1. The summed E-state index contributed by atoms with van der Waals surface area (Å²) in [7, 11) is 0. The zero-order chi connectivity index (χ0) is 12.3. The summed E-state index contributed by atoms with van der Waals surface area (Å²) >= 11 is 0. The van der Waals surface area contributed by atoms with Gasteiger partial charge in [0.2, 0.25) is 0 Å². The normalized spacial score (nSPS) is 12.6. The maximum absolute atomic E-state index is 12.3. The highest BCUT2D eigenvalue weighted by atomic mass is 19.4. The van der Waals surface area contributed by atoms with E-state index >= 15 is 0 Å². The molecule has 0 unspecified atom stereocenters. The van der Waals surface area contributed by atoms with Crippen molar-refractivity contribution in [3.05, 3.63) is 35.4 Å². The molecule has 0 aromatic heterocycles. The van der Waals surface area contributed by atoms with Gasteiger partial charge in [0.1, 0.15) is 11.3 Å². The Hall–Kier alpha value is -1.98. The number of carboxylic acids is 1. The molecule has 0 atom stereocenters. The van der Waals surface area contributed by atoms with Crippen molar-refractivity contribution >= 4 is 12.0 Å². The highest BCUT2D eigenvalue weighted by Gasteiger charge is 2.38. The molecule has 0 aliphatic carbocycles. The summed E-state index contributed by atoms with van der Waals surface area (Å²) in [6.07, 6.45) is -4.58. The van der Waals surface area contributed by atoms with Crippen molar-refractivity contribution in [1.82, 2.24) is 0 Å². The zero-order valence-corrected chi connectivity index (χ0v) is 7.82. The number of carbonyl (C=O) groups is 1. The largest absolute Gasteiger partial charge is 0.507 e. The predicted octanol–water partition coefficient (Wildman–Crippen LogP) is 2.42. The Morgan fingerprint density at radius 2 is 1.81 bits per heavy atom. The number of aliphatic carboxylic acids is 1. The molecule has 1 aromatic rings. The summed E-state index contributed by atoms with van der Waals surface area (Å²) < 4.78 is 36.8. The van der Waals surface area contributed by atoms with Gasteiger partial charge >= 0.3 is 12.1 Å². The lowest BCUT2D eigenvalue weighted by Gasteiger charge is -2.07. The first kappa shape index (κ1) is 12.1. The maximum atomic E-state index is 12.3. The van der Waals surface area contributed by atoms with Crippen molar-refractivity contribution in [3.8, 4) is 5.75 Å². The molecule has 16 heavy (non-hydrogen) atoms. The molecular weight excluding hydrogens is 225 g/mol. The average molecular weight is 232 g/mol. The van der Waals surface area contributed by atoms with Gasteiger partial charge in [-0.2, -0.15) is 13.2 Å². The molecule has 86 valence electrons. The Balaban J connectivity index is 3.24. The van der Waals surface area contributed by atoms with E-state index in [0.717, 1.165) is 0 Å². The molecule has 0 spiro atoms. The van der Waals surface area contributed by atoms with Gasteiger partial charge < -0.3 is 10.2 Å². The molecule has 2 N–H and O–H groups in total. The number of phenolic OH excluding ortho intramolecular Hbond substituents is 1. The van der Waals surface area contributed by atoms with Crippen molar-refractivity contribution in [3.63, 3.8) is 0 Å². The van der Waals surface area contributed by atoms with Gasteiger partial charge in [-0.05, 0) is 12.1 Å². The lowest BCUT2D eigenvalue weighted by molar-refractivity contribution is -0.144. The topological polar surface area (TPSA) is 57.5 Å². The fourth-order valence-electron chi connectivity index (χ4n) is 1.03. The fourth-order valence-corrected chi connectivity index (χ4v) is 1.03. The monoisotopic (exact) mass is 232 g/mol. The third kappa shape index (κ3) is 2.75. The van der Waals surface area contributed by atoms with Crippen LogP contribution in [0.5, 0.6) is 5.75 Å². The molecule has 0 bridgehead atoms.